The Hall–Kier alpha value is -3.26. The summed E-state index contributed by atoms with van der Waals surface area (Å²) in [7, 11) is 1.84. The zero-order chi connectivity index (χ0) is 19.7. The van der Waals surface area contributed by atoms with Crippen molar-refractivity contribution in [3.8, 4) is 11.4 Å². The maximum absolute atomic E-state index is 11.8. The van der Waals surface area contributed by atoms with Crippen LogP contribution in [0.5, 0.6) is 0 Å². The van der Waals surface area contributed by atoms with E-state index in [4.69, 9.17) is 11.6 Å². The average Bonchev–Trinajstić information content (AvgIpc) is 3.32. The maximum Gasteiger partial charge on any atom is 0.269 e. The molecule has 0 radical (unpaired) electrons. The van der Waals surface area contributed by atoms with Crippen LogP contribution in [0, 0.1) is 0 Å². The second-order valence-corrected chi connectivity index (χ2v) is 6.69. The number of hydrogen-bond donors (Lipinski definition) is 2. The highest BCUT2D eigenvalue weighted by atomic mass is 35.5. The molecule has 0 saturated heterocycles. The van der Waals surface area contributed by atoms with Crippen molar-refractivity contribution in [3.63, 3.8) is 0 Å². The number of carbonyl (C=O) groups excluding carboxylic acids is 1. The molecule has 0 bridgehead atoms. The van der Waals surface area contributed by atoms with Crippen molar-refractivity contribution in [2.45, 2.75) is 13.3 Å². The van der Waals surface area contributed by atoms with Crippen molar-refractivity contribution in [1.29, 1.82) is 0 Å². The maximum atomic E-state index is 11.8. The smallest absolute Gasteiger partial charge is 0.269 e. The summed E-state index contributed by atoms with van der Waals surface area (Å²) in [6.45, 7) is 2.42. The Morgan fingerprint density at radius 1 is 1.25 bits per heavy atom. The van der Waals surface area contributed by atoms with Crippen molar-refractivity contribution >= 4 is 28.4 Å². The summed E-state index contributed by atoms with van der Waals surface area (Å²) < 4.78 is 1.73. The molecule has 0 atom stereocenters. The lowest BCUT2D eigenvalue weighted by atomic mass is 10.1. The summed E-state index contributed by atoms with van der Waals surface area (Å²) in [4.78, 5) is 20.7. The SMILES string of the molecule is CCNC(=O)c1ccc(-c2nc(Cc3ccc4[nH]ncc4c3Cl)n(C)n2)cn1. The van der Waals surface area contributed by atoms with Crippen molar-refractivity contribution < 1.29 is 4.79 Å². The number of H-pyrrole nitrogens is 1. The molecule has 0 spiro atoms. The molecule has 142 valence electrons. The van der Waals surface area contributed by atoms with E-state index in [1.165, 1.54) is 0 Å². The molecule has 3 aromatic heterocycles. The molecule has 9 heteroatoms. The Morgan fingerprint density at radius 2 is 2.11 bits per heavy atom. The second kappa shape index (κ2) is 7.40. The molecular formula is C19H18ClN7O. The number of rotatable bonds is 5. The van der Waals surface area contributed by atoms with Gasteiger partial charge < -0.3 is 5.32 Å². The third-order valence-corrected chi connectivity index (χ3v) is 4.88. The number of nitrogens with zero attached hydrogens (tertiary/aromatic N) is 5. The van der Waals surface area contributed by atoms with Crippen LogP contribution in [0.4, 0.5) is 0 Å². The van der Waals surface area contributed by atoms with Crippen LogP contribution in [0.2, 0.25) is 5.02 Å². The Bertz CT molecular complexity index is 1150. The summed E-state index contributed by atoms with van der Waals surface area (Å²) in [5.41, 5.74) is 2.95. The summed E-state index contributed by atoms with van der Waals surface area (Å²) in [5.74, 6) is 1.12. The first-order valence-corrected chi connectivity index (χ1v) is 9.19. The van der Waals surface area contributed by atoms with Gasteiger partial charge in [0.15, 0.2) is 5.82 Å². The third kappa shape index (κ3) is 3.34. The first kappa shape index (κ1) is 18.1. The molecule has 28 heavy (non-hydrogen) atoms. The number of pyridine rings is 1. The quantitative estimate of drug-likeness (QED) is 0.541. The number of aromatic amines is 1. The Balaban J connectivity index is 1.59. The first-order valence-electron chi connectivity index (χ1n) is 8.81. The average molecular weight is 396 g/mol. The first-order chi connectivity index (χ1) is 13.6. The molecule has 0 aliphatic heterocycles. The van der Waals surface area contributed by atoms with Gasteiger partial charge in [-0.25, -0.2) is 4.98 Å². The van der Waals surface area contributed by atoms with E-state index < -0.39 is 0 Å². The zero-order valence-electron chi connectivity index (χ0n) is 15.4. The van der Waals surface area contributed by atoms with E-state index in [0.29, 0.717) is 29.5 Å². The van der Waals surface area contributed by atoms with Gasteiger partial charge in [0, 0.05) is 37.2 Å². The fraction of sp³-hybridized carbons (Fsp3) is 0.211. The Labute approximate surface area is 166 Å². The lowest BCUT2D eigenvalue weighted by Gasteiger charge is -2.04. The fourth-order valence-corrected chi connectivity index (χ4v) is 3.22. The molecule has 0 aliphatic carbocycles. The molecule has 0 saturated carbocycles. The molecule has 8 nitrogen and oxygen atoms in total. The molecule has 2 N–H and O–H groups in total. The number of amides is 1. The third-order valence-electron chi connectivity index (χ3n) is 4.43. The van der Waals surface area contributed by atoms with Crippen LogP contribution in [-0.2, 0) is 13.5 Å². The molecular weight excluding hydrogens is 378 g/mol. The number of benzene rings is 1. The summed E-state index contributed by atoms with van der Waals surface area (Å²) >= 11 is 6.52. The van der Waals surface area contributed by atoms with Crippen LogP contribution in [0.15, 0.2) is 36.7 Å². The minimum absolute atomic E-state index is 0.201. The van der Waals surface area contributed by atoms with Crippen LogP contribution >= 0.6 is 11.6 Å². The lowest BCUT2D eigenvalue weighted by molar-refractivity contribution is 0.0951. The molecule has 4 aromatic rings. The standard InChI is InChI=1S/C19H18ClN7O/c1-3-21-19(28)15-7-5-12(9-22-15)18-24-16(27(2)26-18)8-11-4-6-14-13(17(11)20)10-23-25-14/h4-7,9-10H,3,8H2,1-2H3,(H,21,28)(H,23,25). The highest BCUT2D eigenvalue weighted by Gasteiger charge is 2.14. The summed E-state index contributed by atoms with van der Waals surface area (Å²) in [6, 6.07) is 7.37. The molecule has 0 aliphatic rings. The summed E-state index contributed by atoms with van der Waals surface area (Å²) in [6.07, 6.45) is 3.85. The normalized spacial score (nSPS) is 11.1. The minimum Gasteiger partial charge on any atom is -0.351 e. The van der Waals surface area contributed by atoms with Gasteiger partial charge >= 0.3 is 0 Å². The molecule has 0 fully saturated rings. The van der Waals surface area contributed by atoms with Gasteiger partial charge in [-0.05, 0) is 30.7 Å². The number of aromatic nitrogens is 6. The van der Waals surface area contributed by atoms with Gasteiger partial charge in [0.1, 0.15) is 11.5 Å². The predicted octanol–water partition coefficient (Wildman–Crippen LogP) is 2.75. The molecule has 3 heterocycles. The number of halogens is 1. The van der Waals surface area contributed by atoms with Gasteiger partial charge in [-0.1, -0.05) is 17.7 Å². The van der Waals surface area contributed by atoms with E-state index in [9.17, 15) is 4.79 Å². The van der Waals surface area contributed by atoms with Crippen LogP contribution in [0.1, 0.15) is 28.8 Å². The van der Waals surface area contributed by atoms with Crippen molar-refractivity contribution in [1.82, 2.24) is 35.3 Å². The minimum atomic E-state index is -0.201. The van der Waals surface area contributed by atoms with E-state index in [2.05, 4.69) is 30.6 Å². The number of nitrogens with one attached hydrogen (secondary N) is 2. The topological polar surface area (TPSA) is 101 Å². The van der Waals surface area contributed by atoms with E-state index in [1.807, 2.05) is 26.1 Å². The van der Waals surface area contributed by atoms with Crippen molar-refractivity contribution in [2.24, 2.45) is 7.05 Å². The molecule has 4 rings (SSSR count). The Kier molecular flexibility index (Phi) is 4.79. The van der Waals surface area contributed by atoms with Gasteiger partial charge in [-0.3, -0.25) is 19.6 Å². The van der Waals surface area contributed by atoms with Gasteiger partial charge in [-0.15, -0.1) is 0 Å². The van der Waals surface area contributed by atoms with Gasteiger partial charge in [0.2, 0.25) is 0 Å². The van der Waals surface area contributed by atoms with Crippen LogP contribution in [-0.4, -0.2) is 42.4 Å². The highest BCUT2D eigenvalue weighted by molar-refractivity contribution is 6.36. The number of hydrogen-bond acceptors (Lipinski definition) is 5. The van der Waals surface area contributed by atoms with Gasteiger partial charge in [0.05, 0.1) is 16.7 Å². The van der Waals surface area contributed by atoms with Crippen LogP contribution in [0.25, 0.3) is 22.3 Å². The number of fused-ring (bicyclic) bond motifs is 1. The summed E-state index contributed by atoms with van der Waals surface area (Å²) in [5, 5.41) is 15.7. The number of aryl methyl sites for hydroxylation is 1. The van der Waals surface area contributed by atoms with Crippen LogP contribution < -0.4 is 5.32 Å². The lowest BCUT2D eigenvalue weighted by Crippen LogP contribution is -2.23. The second-order valence-electron chi connectivity index (χ2n) is 6.31. The van der Waals surface area contributed by atoms with Crippen LogP contribution in [0.3, 0.4) is 0 Å². The van der Waals surface area contributed by atoms with E-state index in [-0.39, 0.29) is 5.91 Å². The number of carbonyl (C=O) groups is 1. The van der Waals surface area contributed by atoms with E-state index >= 15 is 0 Å². The van der Waals surface area contributed by atoms with Crippen molar-refractivity contribution in [2.75, 3.05) is 6.54 Å². The molecule has 1 aromatic carbocycles. The monoisotopic (exact) mass is 395 g/mol. The van der Waals surface area contributed by atoms with E-state index in [1.54, 1.807) is 29.2 Å². The zero-order valence-corrected chi connectivity index (χ0v) is 16.2. The van der Waals surface area contributed by atoms with Gasteiger partial charge in [0.25, 0.3) is 5.91 Å². The van der Waals surface area contributed by atoms with Gasteiger partial charge in [-0.2, -0.15) is 10.2 Å². The Morgan fingerprint density at radius 3 is 2.86 bits per heavy atom. The predicted molar refractivity (Wildman–Crippen MR) is 106 cm³/mol. The largest absolute Gasteiger partial charge is 0.351 e. The molecule has 1 amide bonds. The van der Waals surface area contributed by atoms with E-state index in [0.717, 1.165) is 27.9 Å². The fourth-order valence-electron chi connectivity index (χ4n) is 2.94. The molecule has 0 unspecified atom stereocenters. The van der Waals surface area contributed by atoms with Crippen molar-refractivity contribution in [3.05, 3.63) is 58.8 Å². The highest BCUT2D eigenvalue weighted by Crippen LogP contribution is 2.27.